The van der Waals surface area contributed by atoms with Crippen molar-refractivity contribution >= 4 is 45.0 Å². The smallest absolute Gasteiger partial charge is 0.252 e. The Hall–Kier alpha value is -0.250. The van der Waals surface area contributed by atoms with Crippen LogP contribution in [0.2, 0.25) is 5.02 Å². The average molecular weight is 353 g/mol. The number of carbonyl (C=O) groups excluding carboxylic acids is 1. The summed E-state index contributed by atoms with van der Waals surface area (Å²) in [6, 6.07) is 5.21. The molecule has 1 amide bonds. The van der Waals surface area contributed by atoms with Crippen molar-refractivity contribution in [3.05, 3.63) is 33.3 Å². The zero-order valence-electron chi connectivity index (χ0n) is 10.4. The Morgan fingerprint density at radius 2 is 2.11 bits per heavy atom. The van der Waals surface area contributed by atoms with Gasteiger partial charge in [0.2, 0.25) is 0 Å². The lowest BCUT2D eigenvalue weighted by Gasteiger charge is -2.23. The Morgan fingerprint density at radius 3 is 2.67 bits per heavy atom. The lowest BCUT2D eigenvalue weighted by molar-refractivity contribution is 0.0936. The van der Waals surface area contributed by atoms with Gasteiger partial charge in [0.25, 0.3) is 5.91 Å². The highest BCUT2D eigenvalue weighted by Crippen LogP contribution is 2.23. The Bertz CT molecular complexity index is 435. The van der Waals surface area contributed by atoms with Gasteiger partial charge in [0, 0.05) is 16.9 Å². The third kappa shape index (κ3) is 4.79. The number of carbonyl (C=O) groups is 1. The summed E-state index contributed by atoms with van der Waals surface area (Å²) in [7, 11) is 0. The quantitative estimate of drug-likeness (QED) is 0.777. The molecule has 0 radical (unpaired) electrons. The van der Waals surface area contributed by atoms with Crippen molar-refractivity contribution in [2.24, 2.45) is 5.41 Å². The van der Waals surface area contributed by atoms with Gasteiger partial charge in [-0.05, 0) is 30.0 Å². The van der Waals surface area contributed by atoms with Crippen LogP contribution in [0.5, 0.6) is 0 Å². The Balaban J connectivity index is 2.66. The van der Waals surface area contributed by atoms with E-state index in [1.54, 1.807) is 18.2 Å². The van der Waals surface area contributed by atoms with E-state index in [2.05, 4.69) is 35.1 Å². The van der Waals surface area contributed by atoms with E-state index in [1.165, 1.54) is 0 Å². The summed E-state index contributed by atoms with van der Waals surface area (Å²) in [5, 5.41) is 3.33. The highest BCUT2D eigenvalue weighted by atomic mass is 79.9. The second kappa shape index (κ2) is 6.78. The topological polar surface area (TPSA) is 29.1 Å². The molecule has 1 aromatic carbocycles. The van der Waals surface area contributed by atoms with Crippen LogP contribution in [0, 0.1) is 5.41 Å². The van der Waals surface area contributed by atoms with Crippen LogP contribution < -0.4 is 5.32 Å². The molecular formula is C13H16BrCl2NO. The van der Waals surface area contributed by atoms with Crippen LogP contribution in [-0.4, -0.2) is 18.3 Å². The van der Waals surface area contributed by atoms with E-state index in [0.29, 0.717) is 23.0 Å². The van der Waals surface area contributed by atoms with E-state index in [1.807, 2.05) is 0 Å². The monoisotopic (exact) mass is 351 g/mol. The Labute approximate surface area is 126 Å². The molecule has 0 bridgehead atoms. The maximum atomic E-state index is 12.0. The van der Waals surface area contributed by atoms with Crippen molar-refractivity contribution in [1.29, 1.82) is 0 Å². The predicted octanol–water partition coefficient (Wildman–Crippen LogP) is 4.49. The van der Waals surface area contributed by atoms with Crippen molar-refractivity contribution in [3.8, 4) is 0 Å². The maximum absolute atomic E-state index is 12.0. The molecule has 5 heteroatoms. The van der Waals surface area contributed by atoms with E-state index in [4.69, 9.17) is 23.2 Å². The summed E-state index contributed by atoms with van der Waals surface area (Å²) in [5.74, 6) is 0.428. The summed E-state index contributed by atoms with van der Waals surface area (Å²) in [5.41, 5.74) is 0.473. The Kier molecular flexibility index (Phi) is 5.96. The maximum Gasteiger partial charge on any atom is 0.252 e. The van der Waals surface area contributed by atoms with Crippen LogP contribution in [-0.2, 0) is 0 Å². The summed E-state index contributed by atoms with van der Waals surface area (Å²) in [4.78, 5) is 12.0. The molecule has 0 saturated carbocycles. The number of amides is 1. The number of hydrogen-bond donors (Lipinski definition) is 1. The van der Waals surface area contributed by atoms with Gasteiger partial charge in [-0.2, -0.15) is 0 Å². The molecule has 0 aliphatic heterocycles. The molecule has 0 aliphatic carbocycles. The van der Waals surface area contributed by atoms with Gasteiger partial charge in [0.15, 0.2) is 0 Å². The summed E-state index contributed by atoms with van der Waals surface area (Å²) in [6.45, 7) is 4.71. The van der Waals surface area contributed by atoms with E-state index in [0.717, 1.165) is 10.9 Å². The minimum absolute atomic E-state index is 0.0146. The average Bonchev–Trinajstić information content (AvgIpc) is 2.26. The molecule has 0 aliphatic rings. The highest BCUT2D eigenvalue weighted by Gasteiger charge is 2.19. The van der Waals surface area contributed by atoms with Crippen molar-refractivity contribution < 1.29 is 4.79 Å². The molecule has 2 nitrogen and oxygen atoms in total. The van der Waals surface area contributed by atoms with Crippen molar-refractivity contribution in [3.63, 3.8) is 0 Å². The normalized spacial score (nSPS) is 11.4. The van der Waals surface area contributed by atoms with Crippen LogP contribution in [0.25, 0.3) is 0 Å². The second-order valence-electron chi connectivity index (χ2n) is 4.91. The number of rotatable bonds is 5. The third-order valence-electron chi connectivity index (χ3n) is 2.67. The number of alkyl halides is 1. The first-order valence-corrected chi connectivity index (χ1v) is 7.35. The third-order valence-corrected chi connectivity index (χ3v) is 3.67. The van der Waals surface area contributed by atoms with E-state index >= 15 is 0 Å². The van der Waals surface area contributed by atoms with Gasteiger partial charge in [-0.25, -0.2) is 0 Å². The fraction of sp³-hybridized carbons (Fsp3) is 0.462. The van der Waals surface area contributed by atoms with Crippen molar-refractivity contribution in [2.75, 3.05) is 12.4 Å². The van der Waals surface area contributed by atoms with Crippen LogP contribution in [0.1, 0.15) is 30.6 Å². The predicted molar refractivity (Wildman–Crippen MR) is 80.6 cm³/mol. The number of hydrogen-bond acceptors (Lipinski definition) is 1. The van der Waals surface area contributed by atoms with Crippen LogP contribution in [0.3, 0.4) is 0 Å². The molecule has 1 rings (SSSR count). The summed E-state index contributed by atoms with van der Waals surface area (Å²) < 4.78 is 0.853. The van der Waals surface area contributed by atoms with Gasteiger partial charge in [-0.15, -0.1) is 11.6 Å². The lowest BCUT2D eigenvalue weighted by Crippen LogP contribution is -2.34. The van der Waals surface area contributed by atoms with Crippen molar-refractivity contribution in [2.45, 2.75) is 20.3 Å². The lowest BCUT2D eigenvalue weighted by atomic mass is 9.90. The van der Waals surface area contributed by atoms with Gasteiger partial charge in [0.05, 0.1) is 10.6 Å². The number of nitrogens with one attached hydrogen (secondary N) is 1. The first-order valence-electron chi connectivity index (χ1n) is 5.65. The molecule has 18 heavy (non-hydrogen) atoms. The van der Waals surface area contributed by atoms with E-state index in [-0.39, 0.29) is 11.3 Å². The standard InChI is InChI=1S/C13H16BrCl2NO/c1-13(2,5-6-15)8-17-12(18)10-4-3-9(14)7-11(10)16/h3-4,7H,5-6,8H2,1-2H3,(H,17,18). The van der Waals surface area contributed by atoms with Crippen molar-refractivity contribution in [1.82, 2.24) is 5.32 Å². The van der Waals surface area contributed by atoms with Gasteiger partial charge in [-0.1, -0.05) is 41.4 Å². The molecule has 0 heterocycles. The first kappa shape index (κ1) is 15.8. The second-order valence-corrected chi connectivity index (χ2v) is 6.61. The molecular weight excluding hydrogens is 337 g/mol. The first-order chi connectivity index (χ1) is 8.35. The van der Waals surface area contributed by atoms with Gasteiger partial charge in [-0.3, -0.25) is 4.79 Å². The largest absolute Gasteiger partial charge is 0.351 e. The number of halogens is 3. The molecule has 0 unspecified atom stereocenters. The highest BCUT2D eigenvalue weighted by molar-refractivity contribution is 9.10. The van der Waals surface area contributed by atoms with Gasteiger partial charge >= 0.3 is 0 Å². The summed E-state index contributed by atoms with van der Waals surface area (Å²) in [6.07, 6.45) is 0.850. The SMILES string of the molecule is CC(C)(CCCl)CNC(=O)c1ccc(Br)cc1Cl. The molecule has 100 valence electrons. The summed E-state index contributed by atoms with van der Waals surface area (Å²) >= 11 is 15.1. The minimum atomic E-state index is -0.157. The molecule has 0 spiro atoms. The van der Waals surface area contributed by atoms with Gasteiger partial charge < -0.3 is 5.32 Å². The van der Waals surface area contributed by atoms with Crippen LogP contribution in [0.15, 0.2) is 22.7 Å². The molecule has 0 aromatic heterocycles. The molecule has 0 saturated heterocycles. The zero-order valence-corrected chi connectivity index (χ0v) is 13.5. The van der Waals surface area contributed by atoms with E-state index in [9.17, 15) is 4.79 Å². The number of benzene rings is 1. The molecule has 1 aromatic rings. The fourth-order valence-electron chi connectivity index (χ4n) is 1.43. The minimum Gasteiger partial charge on any atom is -0.351 e. The van der Waals surface area contributed by atoms with Crippen LogP contribution >= 0.6 is 39.1 Å². The van der Waals surface area contributed by atoms with Gasteiger partial charge in [0.1, 0.15) is 0 Å². The van der Waals surface area contributed by atoms with E-state index < -0.39 is 0 Å². The molecule has 1 N–H and O–H groups in total. The van der Waals surface area contributed by atoms with Crippen LogP contribution in [0.4, 0.5) is 0 Å². The molecule has 0 fully saturated rings. The molecule has 0 atom stereocenters. The fourth-order valence-corrected chi connectivity index (χ4v) is 2.70. The zero-order chi connectivity index (χ0) is 13.8. The Morgan fingerprint density at radius 1 is 1.44 bits per heavy atom.